The number of aliphatic hydroxyl groups is 1. The number of nitrogens with one attached hydrogen (secondary N) is 1. The van der Waals surface area contributed by atoms with Gasteiger partial charge >= 0.3 is 0 Å². The van der Waals surface area contributed by atoms with Gasteiger partial charge in [0.1, 0.15) is 6.23 Å². The quantitative estimate of drug-likeness (QED) is 0.558. The highest BCUT2D eigenvalue weighted by atomic mass is 16.3. The van der Waals surface area contributed by atoms with E-state index in [1.165, 1.54) is 0 Å². The van der Waals surface area contributed by atoms with Gasteiger partial charge in [0.05, 0.1) is 0 Å². The first-order chi connectivity index (χ1) is 4.99. The SMILES string of the molecule is CC1CCC(O)NC(C)(C)C1. The van der Waals surface area contributed by atoms with Gasteiger partial charge in [0, 0.05) is 5.54 Å². The third-order valence-electron chi connectivity index (χ3n) is 2.35. The van der Waals surface area contributed by atoms with E-state index in [2.05, 4.69) is 26.1 Å². The summed E-state index contributed by atoms with van der Waals surface area (Å²) in [5.74, 6) is 0.731. The van der Waals surface area contributed by atoms with Gasteiger partial charge in [0.2, 0.25) is 0 Å². The molecule has 2 N–H and O–H groups in total. The largest absolute Gasteiger partial charge is 0.379 e. The van der Waals surface area contributed by atoms with Crippen LogP contribution in [-0.4, -0.2) is 16.9 Å². The van der Waals surface area contributed by atoms with Crippen LogP contribution in [-0.2, 0) is 0 Å². The summed E-state index contributed by atoms with van der Waals surface area (Å²) < 4.78 is 0. The van der Waals surface area contributed by atoms with Crippen molar-refractivity contribution < 1.29 is 5.11 Å². The summed E-state index contributed by atoms with van der Waals surface area (Å²) in [7, 11) is 0. The number of aliphatic hydroxyl groups excluding tert-OH is 1. The molecule has 0 radical (unpaired) electrons. The van der Waals surface area contributed by atoms with Crippen LogP contribution >= 0.6 is 0 Å². The molecule has 1 rings (SSSR count). The lowest BCUT2D eigenvalue weighted by Gasteiger charge is -2.27. The second-order valence-electron chi connectivity index (χ2n) is 4.43. The second-order valence-corrected chi connectivity index (χ2v) is 4.43. The van der Waals surface area contributed by atoms with Crippen LogP contribution in [0.4, 0.5) is 0 Å². The molecular weight excluding hydrogens is 138 g/mol. The average molecular weight is 157 g/mol. The van der Waals surface area contributed by atoms with Crippen molar-refractivity contribution in [3.63, 3.8) is 0 Å². The van der Waals surface area contributed by atoms with E-state index in [-0.39, 0.29) is 11.8 Å². The molecule has 1 fully saturated rings. The first-order valence-corrected chi connectivity index (χ1v) is 4.45. The molecule has 2 atom stereocenters. The lowest BCUT2D eigenvalue weighted by molar-refractivity contribution is 0.102. The molecule has 0 aromatic carbocycles. The predicted molar refractivity (Wildman–Crippen MR) is 46.2 cm³/mol. The number of hydrogen-bond acceptors (Lipinski definition) is 2. The minimum atomic E-state index is -0.296. The van der Waals surface area contributed by atoms with Gasteiger partial charge in [-0.2, -0.15) is 0 Å². The van der Waals surface area contributed by atoms with Crippen LogP contribution in [0.15, 0.2) is 0 Å². The summed E-state index contributed by atoms with van der Waals surface area (Å²) in [5, 5.41) is 12.6. The van der Waals surface area contributed by atoms with E-state index in [4.69, 9.17) is 0 Å². The first-order valence-electron chi connectivity index (χ1n) is 4.45. The molecule has 2 nitrogen and oxygen atoms in total. The van der Waals surface area contributed by atoms with Crippen molar-refractivity contribution in [2.45, 2.75) is 51.8 Å². The zero-order chi connectivity index (χ0) is 8.48. The molecule has 11 heavy (non-hydrogen) atoms. The Kier molecular flexibility index (Phi) is 2.55. The van der Waals surface area contributed by atoms with E-state index in [0.29, 0.717) is 0 Å². The zero-order valence-corrected chi connectivity index (χ0v) is 7.72. The predicted octanol–water partition coefficient (Wildman–Crippen LogP) is 1.49. The molecule has 0 aliphatic carbocycles. The molecule has 66 valence electrons. The maximum atomic E-state index is 9.43. The Balaban J connectivity index is 2.55. The van der Waals surface area contributed by atoms with Crippen LogP contribution < -0.4 is 5.32 Å². The highest BCUT2D eigenvalue weighted by Crippen LogP contribution is 2.24. The fraction of sp³-hybridized carbons (Fsp3) is 1.00. The Morgan fingerprint density at radius 1 is 1.36 bits per heavy atom. The topological polar surface area (TPSA) is 32.3 Å². The zero-order valence-electron chi connectivity index (χ0n) is 7.72. The Morgan fingerprint density at radius 2 is 2.00 bits per heavy atom. The van der Waals surface area contributed by atoms with Gasteiger partial charge in [0.15, 0.2) is 0 Å². The smallest absolute Gasteiger partial charge is 0.105 e. The lowest BCUT2D eigenvalue weighted by atomic mass is 9.91. The summed E-state index contributed by atoms with van der Waals surface area (Å²) >= 11 is 0. The van der Waals surface area contributed by atoms with Crippen LogP contribution in [0, 0.1) is 5.92 Å². The third kappa shape index (κ3) is 2.80. The molecule has 0 amide bonds. The third-order valence-corrected chi connectivity index (χ3v) is 2.35. The minimum Gasteiger partial charge on any atom is -0.379 e. The molecule has 0 saturated carbocycles. The molecule has 1 saturated heterocycles. The summed E-state index contributed by atoms with van der Waals surface area (Å²) in [4.78, 5) is 0. The van der Waals surface area contributed by atoms with Gasteiger partial charge in [-0.3, -0.25) is 5.32 Å². The van der Waals surface area contributed by atoms with Crippen LogP contribution in [0.5, 0.6) is 0 Å². The Hall–Kier alpha value is -0.0800. The molecular formula is C9H19NO. The van der Waals surface area contributed by atoms with Crippen LogP contribution in [0.1, 0.15) is 40.0 Å². The Morgan fingerprint density at radius 3 is 2.64 bits per heavy atom. The van der Waals surface area contributed by atoms with Crippen molar-refractivity contribution in [2.24, 2.45) is 5.92 Å². The van der Waals surface area contributed by atoms with Gasteiger partial charge in [-0.15, -0.1) is 0 Å². The number of rotatable bonds is 0. The molecule has 1 heterocycles. The van der Waals surface area contributed by atoms with Crippen molar-refractivity contribution in [1.82, 2.24) is 5.32 Å². The second kappa shape index (κ2) is 3.11. The van der Waals surface area contributed by atoms with Crippen LogP contribution in [0.25, 0.3) is 0 Å². The van der Waals surface area contributed by atoms with E-state index < -0.39 is 0 Å². The van der Waals surface area contributed by atoms with Crippen LogP contribution in [0.2, 0.25) is 0 Å². The molecule has 0 aromatic heterocycles. The van der Waals surface area contributed by atoms with Crippen molar-refractivity contribution in [2.75, 3.05) is 0 Å². The van der Waals surface area contributed by atoms with E-state index in [9.17, 15) is 5.11 Å². The number of hydrogen-bond donors (Lipinski definition) is 2. The molecule has 0 spiro atoms. The highest BCUT2D eigenvalue weighted by Gasteiger charge is 2.26. The minimum absolute atomic E-state index is 0.106. The fourth-order valence-corrected chi connectivity index (χ4v) is 2.00. The molecule has 1 aliphatic rings. The molecule has 1 aliphatic heterocycles. The van der Waals surface area contributed by atoms with Gasteiger partial charge in [0.25, 0.3) is 0 Å². The molecule has 2 unspecified atom stereocenters. The Labute approximate surface area is 69.0 Å². The van der Waals surface area contributed by atoms with Crippen molar-refractivity contribution in [3.05, 3.63) is 0 Å². The first kappa shape index (κ1) is 9.01. The summed E-state index contributed by atoms with van der Waals surface area (Å²) in [6, 6.07) is 0. The van der Waals surface area contributed by atoms with Gasteiger partial charge in [-0.25, -0.2) is 0 Å². The maximum Gasteiger partial charge on any atom is 0.105 e. The van der Waals surface area contributed by atoms with Crippen molar-refractivity contribution in [3.8, 4) is 0 Å². The van der Waals surface area contributed by atoms with E-state index in [1.54, 1.807) is 0 Å². The highest BCUT2D eigenvalue weighted by molar-refractivity contribution is 4.84. The summed E-state index contributed by atoms with van der Waals surface area (Å²) in [6.07, 6.45) is 2.89. The van der Waals surface area contributed by atoms with E-state index >= 15 is 0 Å². The maximum absolute atomic E-state index is 9.43. The normalized spacial score (nSPS) is 38.2. The lowest BCUT2D eigenvalue weighted by Crippen LogP contribution is -2.44. The molecule has 0 aromatic rings. The van der Waals surface area contributed by atoms with Crippen molar-refractivity contribution in [1.29, 1.82) is 0 Å². The molecule has 0 bridgehead atoms. The summed E-state index contributed by atoms with van der Waals surface area (Å²) in [6.45, 7) is 6.55. The Bertz CT molecular complexity index is 120. The fourth-order valence-electron chi connectivity index (χ4n) is 2.00. The standard InChI is InChI=1S/C9H19NO/c1-7-4-5-8(11)10-9(2,3)6-7/h7-8,10-11H,4-6H2,1-3H3. The van der Waals surface area contributed by atoms with Crippen molar-refractivity contribution >= 4 is 0 Å². The van der Waals surface area contributed by atoms with Gasteiger partial charge in [-0.1, -0.05) is 6.92 Å². The van der Waals surface area contributed by atoms with Gasteiger partial charge < -0.3 is 5.11 Å². The average Bonchev–Trinajstić information content (AvgIpc) is 1.89. The van der Waals surface area contributed by atoms with Crippen LogP contribution in [0.3, 0.4) is 0 Å². The molecule has 2 heteroatoms. The van der Waals surface area contributed by atoms with E-state index in [1.807, 2.05) is 0 Å². The monoisotopic (exact) mass is 157 g/mol. The summed E-state index contributed by atoms with van der Waals surface area (Å²) in [5.41, 5.74) is 0.106. The van der Waals surface area contributed by atoms with Gasteiger partial charge in [-0.05, 0) is 39.0 Å². The van der Waals surface area contributed by atoms with E-state index in [0.717, 1.165) is 25.2 Å².